The highest BCUT2D eigenvalue weighted by Gasteiger charge is 2.54. The van der Waals surface area contributed by atoms with E-state index in [1.807, 2.05) is 6.07 Å². The molecule has 2 aliphatic rings. The number of fused-ring (bicyclic) bond motifs is 1. The molecule has 144 valence electrons. The number of carbonyl (C=O) groups excluding carboxylic acids is 1. The summed E-state index contributed by atoms with van der Waals surface area (Å²) in [5.74, 6) is 2.51. The van der Waals surface area contributed by atoms with Crippen molar-refractivity contribution in [1.82, 2.24) is 15.0 Å². The average Bonchev–Trinajstić information content (AvgIpc) is 3.36. The molecule has 1 aliphatic carbocycles. The highest BCUT2D eigenvalue weighted by molar-refractivity contribution is 5.76. The number of aryl methyl sites for hydroxylation is 1. The Kier molecular flexibility index (Phi) is 5.02. The lowest BCUT2D eigenvalue weighted by atomic mass is 9.80. The summed E-state index contributed by atoms with van der Waals surface area (Å²) < 4.78 is 5.49. The lowest BCUT2D eigenvalue weighted by molar-refractivity contribution is -0.130. The van der Waals surface area contributed by atoms with Crippen LogP contribution in [0.2, 0.25) is 0 Å². The number of hydrogen-bond donors (Lipinski definition) is 0. The van der Waals surface area contributed by atoms with E-state index < -0.39 is 0 Å². The van der Waals surface area contributed by atoms with Crippen LogP contribution in [-0.4, -0.2) is 34.0 Å². The number of benzene rings is 1. The van der Waals surface area contributed by atoms with Crippen molar-refractivity contribution >= 4 is 5.91 Å². The van der Waals surface area contributed by atoms with E-state index in [0.29, 0.717) is 18.2 Å². The summed E-state index contributed by atoms with van der Waals surface area (Å²) in [6.45, 7) is 5.73. The average molecular weight is 367 g/mol. The molecule has 1 aromatic heterocycles. The fourth-order valence-corrected chi connectivity index (χ4v) is 4.76. The zero-order chi connectivity index (χ0) is 18.9. The van der Waals surface area contributed by atoms with Crippen LogP contribution in [0.5, 0.6) is 0 Å². The molecule has 0 spiro atoms. The first-order valence-corrected chi connectivity index (χ1v) is 10.2. The van der Waals surface area contributed by atoms with E-state index in [9.17, 15) is 4.79 Å². The maximum atomic E-state index is 12.8. The summed E-state index contributed by atoms with van der Waals surface area (Å²) in [5, 5.41) is 4.32. The predicted octanol–water partition coefficient (Wildman–Crippen LogP) is 4.10. The summed E-state index contributed by atoms with van der Waals surface area (Å²) in [6, 6.07) is 10.4. The van der Waals surface area contributed by atoms with Crippen LogP contribution in [0.3, 0.4) is 0 Å². The van der Waals surface area contributed by atoms with Crippen molar-refractivity contribution in [3.63, 3.8) is 0 Å². The van der Waals surface area contributed by atoms with Gasteiger partial charge in [0.05, 0.1) is 5.41 Å². The van der Waals surface area contributed by atoms with Crippen molar-refractivity contribution in [2.24, 2.45) is 5.92 Å². The van der Waals surface area contributed by atoms with Crippen molar-refractivity contribution in [3.8, 4) is 0 Å². The molecule has 27 heavy (non-hydrogen) atoms. The minimum atomic E-state index is -0.0915. The van der Waals surface area contributed by atoms with Crippen LogP contribution in [0.15, 0.2) is 34.9 Å². The quantitative estimate of drug-likeness (QED) is 0.771. The van der Waals surface area contributed by atoms with Crippen LogP contribution in [0, 0.1) is 5.92 Å². The first-order valence-electron chi connectivity index (χ1n) is 10.2. The monoisotopic (exact) mass is 367 g/mol. The van der Waals surface area contributed by atoms with Gasteiger partial charge < -0.3 is 9.42 Å². The smallest absolute Gasteiger partial charge is 0.229 e. The van der Waals surface area contributed by atoms with Gasteiger partial charge in [0, 0.05) is 25.4 Å². The third-order valence-corrected chi connectivity index (χ3v) is 6.30. The Morgan fingerprint density at radius 1 is 1.33 bits per heavy atom. The minimum absolute atomic E-state index is 0.0915. The molecular formula is C22H29N3O2. The molecule has 0 radical (unpaired) electrons. The molecule has 5 heteroatoms. The molecular weight excluding hydrogens is 338 g/mol. The van der Waals surface area contributed by atoms with Gasteiger partial charge in [0.15, 0.2) is 5.82 Å². The topological polar surface area (TPSA) is 59.2 Å². The zero-order valence-corrected chi connectivity index (χ0v) is 16.4. The second-order valence-corrected chi connectivity index (χ2v) is 8.47. The maximum Gasteiger partial charge on any atom is 0.229 e. The summed E-state index contributed by atoms with van der Waals surface area (Å²) in [7, 11) is 0. The van der Waals surface area contributed by atoms with E-state index in [1.165, 1.54) is 12.0 Å². The van der Waals surface area contributed by atoms with Gasteiger partial charge in [-0.05, 0) is 37.2 Å². The van der Waals surface area contributed by atoms with Gasteiger partial charge in [-0.1, -0.05) is 55.8 Å². The fraction of sp³-hybridized carbons (Fsp3) is 0.591. The Balaban J connectivity index is 1.40. The van der Waals surface area contributed by atoms with Crippen LogP contribution < -0.4 is 0 Å². The molecule has 2 atom stereocenters. The Bertz CT molecular complexity index is 786. The SMILES string of the molecule is CC(C)c1nc([C@@]23CCC[C@@H]2CN(C(=O)CCCc2ccccc2)C3)no1. The second kappa shape index (κ2) is 7.45. The third-order valence-electron chi connectivity index (χ3n) is 6.30. The standard InChI is InChI=1S/C22H29N3O2/c1-16(2)20-23-21(24-27-20)22-13-7-11-18(22)14-25(15-22)19(26)12-6-10-17-8-4-3-5-9-17/h3-5,8-9,16,18H,6-7,10-15H2,1-2H3/t18-,22-/m1/s1. The first kappa shape index (κ1) is 18.2. The predicted molar refractivity (Wildman–Crippen MR) is 103 cm³/mol. The van der Waals surface area contributed by atoms with Gasteiger partial charge in [-0.25, -0.2) is 0 Å². The maximum absolute atomic E-state index is 12.8. The van der Waals surface area contributed by atoms with Gasteiger partial charge in [0.25, 0.3) is 0 Å². The summed E-state index contributed by atoms with van der Waals surface area (Å²) in [6.07, 6.45) is 5.86. The van der Waals surface area contributed by atoms with Crippen LogP contribution in [0.4, 0.5) is 0 Å². The molecule has 0 bridgehead atoms. The Morgan fingerprint density at radius 3 is 2.89 bits per heavy atom. The van der Waals surface area contributed by atoms with E-state index in [-0.39, 0.29) is 17.2 Å². The van der Waals surface area contributed by atoms with Crippen LogP contribution in [0.25, 0.3) is 0 Å². The highest BCUT2D eigenvalue weighted by atomic mass is 16.5. The van der Waals surface area contributed by atoms with Crippen molar-refractivity contribution in [3.05, 3.63) is 47.6 Å². The van der Waals surface area contributed by atoms with Crippen LogP contribution >= 0.6 is 0 Å². The van der Waals surface area contributed by atoms with Crippen molar-refractivity contribution in [2.45, 2.75) is 63.7 Å². The summed E-state index contributed by atoms with van der Waals surface area (Å²) in [4.78, 5) is 19.6. The van der Waals surface area contributed by atoms with Gasteiger partial charge >= 0.3 is 0 Å². The number of likely N-dealkylation sites (tertiary alicyclic amines) is 1. The summed E-state index contributed by atoms with van der Waals surface area (Å²) >= 11 is 0. The number of amides is 1. The van der Waals surface area contributed by atoms with Crippen molar-refractivity contribution in [2.75, 3.05) is 13.1 Å². The molecule has 5 nitrogen and oxygen atoms in total. The molecule has 0 N–H and O–H groups in total. The largest absolute Gasteiger partial charge is 0.341 e. The van der Waals surface area contributed by atoms with Crippen LogP contribution in [-0.2, 0) is 16.6 Å². The molecule has 1 saturated carbocycles. The Hall–Kier alpha value is -2.17. The van der Waals surface area contributed by atoms with E-state index in [2.05, 4.69) is 48.2 Å². The van der Waals surface area contributed by atoms with E-state index in [1.54, 1.807) is 0 Å². The minimum Gasteiger partial charge on any atom is -0.341 e. The number of hydrogen-bond acceptors (Lipinski definition) is 4. The fourth-order valence-electron chi connectivity index (χ4n) is 4.76. The van der Waals surface area contributed by atoms with Crippen LogP contribution in [0.1, 0.15) is 69.1 Å². The summed E-state index contributed by atoms with van der Waals surface area (Å²) in [5.41, 5.74) is 1.21. The van der Waals surface area contributed by atoms with Gasteiger partial charge in [-0.3, -0.25) is 4.79 Å². The van der Waals surface area contributed by atoms with Crippen molar-refractivity contribution in [1.29, 1.82) is 0 Å². The highest BCUT2D eigenvalue weighted by Crippen LogP contribution is 2.49. The molecule has 1 aliphatic heterocycles. The molecule has 4 rings (SSSR count). The van der Waals surface area contributed by atoms with Gasteiger partial charge in [-0.2, -0.15) is 4.98 Å². The molecule has 2 fully saturated rings. The Labute approximate surface area is 161 Å². The normalized spacial score (nSPS) is 24.6. The lowest BCUT2D eigenvalue weighted by Crippen LogP contribution is -2.35. The van der Waals surface area contributed by atoms with Gasteiger partial charge in [0.2, 0.25) is 11.8 Å². The molecule has 1 aromatic carbocycles. The second-order valence-electron chi connectivity index (χ2n) is 8.47. The van der Waals surface area contributed by atoms with E-state index in [0.717, 1.165) is 44.6 Å². The van der Waals surface area contributed by atoms with Gasteiger partial charge in [-0.15, -0.1) is 0 Å². The molecule has 0 unspecified atom stereocenters. The number of aromatic nitrogens is 2. The van der Waals surface area contributed by atoms with Crippen molar-refractivity contribution < 1.29 is 9.32 Å². The zero-order valence-electron chi connectivity index (χ0n) is 16.4. The molecule has 2 heterocycles. The molecule has 1 amide bonds. The molecule has 2 aromatic rings. The third kappa shape index (κ3) is 3.52. The first-order chi connectivity index (χ1) is 13.1. The van der Waals surface area contributed by atoms with E-state index >= 15 is 0 Å². The number of rotatable bonds is 6. The number of nitrogens with zero attached hydrogens (tertiary/aromatic N) is 3. The molecule has 1 saturated heterocycles. The number of carbonyl (C=O) groups is 1. The lowest BCUT2D eigenvalue weighted by Gasteiger charge is -2.24. The Morgan fingerprint density at radius 2 is 2.15 bits per heavy atom. The van der Waals surface area contributed by atoms with Gasteiger partial charge in [0.1, 0.15) is 0 Å². The van der Waals surface area contributed by atoms with E-state index in [4.69, 9.17) is 9.51 Å².